The fourth-order valence-corrected chi connectivity index (χ4v) is 2.39. The van der Waals surface area contributed by atoms with Crippen LogP contribution in [0.1, 0.15) is 39.9 Å². The summed E-state index contributed by atoms with van der Waals surface area (Å²) in [5.41, 5.74) is 4.07. The zero-order chi connectivity index (χ0) is 16.7. The molecule has 0 aliphatic rings. The third-order valence-electron chi connectivity index (χ3n) is 3.84. The number of rotatable bonds is 7. The lowest BCUT2D eigenvalue weighted by atomic mass is 10.00. The maximum atomic E-state index is 12.3. The first-order valence-corrected chi connectivity index (χ1v) is 7.83. The Morgan fingerprint density at radius 3 is 2.13 bits per heavy atom. The minimum absolute atomic E-state index is 0.120. The lowest BCUT2D eigenvalue weighted by molar-refractivity contribution is -0.140. The maximum Gasteiger partial charge on any atom is 0.305 e. The van der Waals surface area contributed by atoms with E-state index in [0.29, 0.717) is 12.8 Å². The third kappa shape index (κ3) is 5.37. The standard InChI is InChI=1S/C20H22O3/c1-15-6-8-17(9-7-15)14-19(21)18-12-10-16(11-13-18)4-3-5-20(22)23-2/h6-13H,3-5,14H2,1-2H3. The molecule has 0 spiro atoms. The molecule has 23 heavy (non-hydrogen) atoms. The number of carbonyl (C=O) groups is 2. The fourth-order valence-electron chi connectivity index (χ4n) is 2.39. The Morgan fingerprint density at radius 2 is 1.52 bits per heavy atom. The molecule has 0 fully saturated rings. The normalized spacial score (nSPS) is 10.3. The van der Waals surface area contributed by atoms with Crippen LogP contribution in [0.15, 0.2) is 48.5 Å². The van der Waals surface area contributed by atoms with E-state index in [0.717, 1.165) is 29.5 Å². The number of aryl methyl sites for hydroxylation is 2. The van der Waals surface area contributed by atoms with Gasteiger partial charge in [-0.25, -0.2) is 0 Å². The summed E-state index contributed by atoms with van der Waals surface area (Å²) in [5.74, 6) is -0.0649. The molecule has 0 aromatic heterocycles. The molecule has 0 saturated heterocycles. The summed E-state index contributed by atoms with van der Waals surface area (Å²) < 4.78 is 4.62. The Labute approximate surface area is 137 Å². The van der Waals surface area contributed by atoms with Crippen LogP contribution in [-0.4, -0.2) is 18.9 Å². The molecule has 0 heterocycles. The lowest BCUT2D eigenvalue weighted by Crippen LogP contribution is -2.04. The van der Waals surface area contributed by atoms with E-state index in [-0.39, 0.29) is 11.8 Å². The second-order valence-corrected chi connectivity index (χ2v) is 5.71. The molecule has 0 saturated carbocycles. The zero-order valence-corrected chi connectivity index (χ0v) is 13.7. The smallest absolute Gasteiger partial charge is 0.305 e. The first-order valence-electron chi connectivity index (χ1n) is 7.83. The van der Waals surface area contributed by atoms with E-state index in [2.05, 4.69) is 4.74 Å². The summed E-state index contributed by atoms with van der Waals surface area (Å²) in [5, 5.41) is 0. The van der Waals surface area contributed by atoms with Crippen LogP contribution < -0.4 is 0 Å². The fraction of sp³-hybridized carbons (Fsp3) is 0.300. The van der Waals surface area contributed by atoms with Crippen LogP contribution >= 0.6 is 0 Å². The van der Waals surface area contributed by atoms with Crippen molar-refractivity contribution in [3.05, 3.63) is 70.8 Å². The highest BCUT2D eigenvalue weighted by Gasteiger charge is 2.07. The van der Waals surface area contributed by atoms with Crippen molar-refractivity contribution in [2.45, 2.75) is 32.6 Å². The number of benzene rings is 2. The van der Waals surface area contributed by atoms with Crippen LogP contribution in [-0.2, 0) is 22.4 Å². The first kappa shape index (κ1) is 16.9. The minimum Gasteiger partial charge on any atom is -0.469 e. The summed E-state index contributed by atoms with van der Waals surface area (Å²) in [7, 11) is 1.40. The molecule has 0 amide bonds. The number of ketones is 1. The largest absolute Gasteiger partial charge is 0.469 e. The summed E-state index contributed by atoms with van der Waals surface area (Å²) in [6.45, 7) is 2.03. The third-order valence-corrected chi connectivity index (χ3v) is 3.84. The predicted octanol–water partition coefficient (Wildman–Crippen LogP) is 3.92. The Bertz CT molecular complexity index is 654. The van der Waals surface area contributed by atoms with Gasteiger partial charge in [-0.15, -0.1) is 0 Å². The monoisotopic (exact) mass is 310 g/mol. The maximum absolute atomic E-state index is 12.3. The second kappa shape index (κ2) is 8.28. The molecule has 2 aromatic carbocycles. The van der Waals surface area contributed by atoms with Gasteiger partial charge in [-0.2, -0.15) is 0 Å². The van der Waals surface area contributed by atoms with Crippen LogP contribution in [0, 0.1) is 6.92 Å². The van der Waals surface area contributed by atoms with E-state index in [9.17, 15) is 9.59 Å². The van der Waals surface area contributed by atoms with Gasteiger partial charge in [0.15, 0.2) is 5.78 Å². The van der Waals surface area contributed by atoms with Gasteiger partial charge in [-0.3, -0.25) is 9.59 Å². The molecular weight excluding hydrogens is 288 g/mol. The quantitative estimate of drug-likeness (QED) is 0.575. The number of esters is 1. The Balaban J connectivity index is 1.89. The van der Waals surface area contributed by atoms with E-state index in [1.807, 2.05) is 55.5 Å². The number of hydrogen-bond donors (Lipinski definition) is 0. The molecule has 0 bridgehead atoms. The molecule has 0 unspecified atom stereocenters. The van der Waals surface area contributed by atoms with Crippen molar-refractivity contribution in [2.75, 3.05) is 7.11 Å². The SMILES string of the molecule is COC(=O)CCCc1ccc(C(=O)Cc2ccc(C)cc2)cc1. The number of hydrogen-bond acceptors (Lipinski definition) is 3. The van der Waals surface area contributed by atoms with Crippen molar-refractivity contribution >= 4 is 11.8 Å². The lowest BCUT2D eigenvalue weighted by Gasteiger charge is -2.05. The molecule has 120 valence electrons. The average molecular weight is 310 g/mol. The van der Waals surface area contributed by atoms with Crippen LogP contribution in [0.4, 0.5) is 0 Å². The molecule has 0 aliphatic heterocycles. The van der Waals surface area contributed by atoms with E-state index in [1.165, 1.54) is 12.7 Å². The Kier molecular flexibility index (Phi) is 6.10. The first-order chi connectivity index (χ1) is 11.1. The molecule has 2 aromatic rings. The Hall–Kier alpha value is -2.42. The van der Waals surface area contributed by atoms with Gasteiger partial charge in [0.25, 0.3) is 0 Å². The molecule has 0 radical (unpaired) electrons. The second-order valence-electron chi connectivity index (χ2n) is 5.71. The van der Waals surface area contributed by atoms with E-state index >= 15 is 0 Å². The van der Waals surface area contributed by atoms with Crippen molar-refractivity contribution in [3.8, 4) is 0 Å². The molecule has 0 atom stereocenters. The summed E-state index contributed by atoms with van der Waals surface area (Å²) in [4.78, 5) is 23.4. The van der Waals surface area contributed by atoms with Gasteiger partial charge >= 0.3 is 5.97 Å². The van der Waals surface area contributed by atoms with Crippen molar-refractivity contribution in [1.29, 1.82) is 0 Å². The van der Waals surface area contributed by atoms with Gasteiger partial charge in [-0.1, -0.05) is 54.1 Å². The molecular formula is C20H22O3. The number of ether oxygens (including phenoxy) is 1. The zero-order valence-electron chi connectivity index (χ0n) is 13.7. The molecule has 2 rings (SSSR count). The van der Waals surface area contributed by atoms with Crippen LogP contribution in [0.5, 0.6) is 0 Å². The topological polar surface area (TPSA) is 43.4 Å². The van der Waals surface area contributed by atoms with Crippen LogP contribution in [0.3, 0.4) is 0 Å². The van der Waals surface area contributed by atoms with E-state index < -0.39 is 0 Å². The van der Waals surface area contributed by atoms with Gasteiger partial charge in [0.2, 0.25) is 0 Å². The van der Waals surface area contributed by atoms with Crippen LogP contribution in [0.25, 0.3) is 0 Å². The molecule has 3 heteroatoms. The van der Waals surface area contributed by atoms with Crippen molar-refractivity contribution < 1.29 is 14.3 Å². The van der Waals surface area contributed by atoms with Crippen molar-refractivity contribution in [1.82, 2.24) is 0 Å². The number of Topliss-reactive ketones (excluding diaryl/α,β-unsaturated/α-hetero) is 1. The highest BCUT2D eigenvalue weighted by molar-refractivity contribution is 5.97. The summed E-state index contributed by atoms with van der Waals surface area (Å²) >= 11 is 0. The summed E-state index contributed by atoms with van der Waals surface area (Å²) in [6, 6.07) is 15.7. The predicted molar refractivity (Wildman–Crippen MR) is 90.6 cm³/mol. The Morgan fingerprint density at radius 1 is 0.913 bits per heavy atom. The highest BCUT2D eigenvalue weighted by Crippen LogP contribution is 2.12. The average Bonchev–Trinajstić information content (AvgIpc) is 2.57. The van der Waals surface area contributed by atoms with Gasteiger partial charge in [0, 0.05) is 18.4 Å². The molecule has 3 nitrogen and oxygen atoms in total. The van der Waals surface area contributed by atoms with E-state index in [1.54, 1.807) is 0 Å². The highest BCUT2D eigenvalue weighted by atomic mass is 16.5. The van der Waals surface area contributed by atoms with Gasteiger partial charge in [0.05, 0.1) is 7.11 Å². The van der Waals surface area contributed by atoms with Crippen molar-refractivity contribution in [3.63, 3.8) is 0 Å². The molecule has 0 aliphatic carbocycles. The number of carbonyl (C=O) groups excluding carboxylic acids is 2. The van der Waals surface area contributed by atoms with Crippen molar-refractivity contribution in [2.24, 2.45) is 0 Å². The van der Waals surface area contributed by atoms with Gasteiger partial charge in [-0.05, 0) is 30.9 Å². The van der Waals surface area contributed by atoms with Gasteiger partial charge in [0.1, 0.15) is 0 Å². The minimum atomic E-state index is -0.185. The van der Waals surface area contributed by atoms with Gasteiger partial charge < -0.3 is 4.74 Å². The summed E-state index contributed by atoms with van der Waals surface area (Å²) in [6.07, 6.45) is 2.40. The van der Waals surface area contributed by atoms with E-state index in [4.69, 9.17) is 0 Å². The molecule has 0 N–H and O–H groups in total. The number of methoxy groups -OCH3 is 1. The van der Waals surface area contributed by atoms with Crippen LogP contribution in [0.2, 0.25) is 0 Å².